The lowest BCUT2D eigenvalue weighted by molar-refractivity contribution is 0.712. The van der Waals surface area contributed by atoms with Gasteiger partial charge in [-0.2, -0.15) is 0 Å². The SMILES string of the molecule is CCCCN(c1ccc([C@H](C)N)cc1)C1CC1. The van der Waals surface area contributed by atoms with Crippen molar-refractivity contribution in [2.45, 2.75) is 51.6 Å². The Bertz CT molecular complexity index is 338. The van der Waals surface area contributed by atoms with E-state index >= 15 is 0 Å². The lowest BCUT2D eigenvalue weighted by atomic mass is 10.1. The molecule has 2 heteroatoms. The van der Waals surface area contributed by atoms with Crippen LogP contribution in [0, 0.1) is 0 Å². The highest BCUT2D eigenvalue weighted by Gasteiger charge is 2.28. The van der Waals surface area contributed by atoms with E-state index in [2.05, 4.69) is 36.1 Å². The second kappa shape index (κ2) is 5.54. The Kier molecular flexibility index (Phi) is 4.06. The van der Waals surface area contributed by atoms with E-state index in [1.54, 1.807) is 0 Å². The van der Waals surface area contributed by atoms with E-state index in [1.807, 2.05) is 6.92 Å². The number of rotatable bonds is 6. The van der Waals surface area contributed by atoms with Gasteiger partial charge < -0.3 is 10.6 Å². The quantitative estimate of drug-likeness (QED) is 0.813. The molecule has 1 atom stereocenters. The third-order valence-electron chi connectivity index (χ3n) is 3.49. The first-order chi connectivity index (χ1) is 8.22. The molecule has 0 heterocycles. The molecule has 0 saturated heterocycles. The average Bonchev–Trinajstić information content (AvgIpc) is 3.14. The molecule has 0 unspecified atom stereocenters. The highest BCUT2D eigenvalue weighted by molar-refractivity contribution is 5.50. The van der Waals surface area contributed by atoms with Crippen molar-refractivity contribution in [3.05, 3.63) is 29.8 Å². The Hall–Kier alpha value is -1.02. The average molecular weight is 232 g/mol. The van der Waals surface area contributed by atoms with Crippen LogP contribution in [0.25, 0.3) is 0 Å². The molecule has 0 bridgehead atoms. The molecule has 94 valence electrons. The molecule has 2 nitrogen and oxygen atoms in total. The van der Waals surface area contributed by atoms with Crippen LogP contribution in [-0.4, -0.2) is 12.6 Å². The van der Waals surface area contributed by atoms with Crippen molar-refractivity contribution in [2.24, 2.45) is 5.73 Å². The summed E-state index contributed by atoms with van der Waals surface area (Å²) in [6, 6.07) is 9.72. The van der Waals surface area contributed by atoms with Crippen molar-refractivity contribution in [3.8, 4) is 0 Å². The van der Waals surface area contributed by atoms with Crippen molar-refractivity contribution < 1.29 is 0 Å². The molecule has 1 aromatic rings. The summed E-state index contributed by atoms with van der Waals surface area (Å²) in [7, 11) is 0. The molecule has 1 aromatic carbocycles. The molecule has 0 aromatic heterocycles. The van der Waals surface area contributed by atoms with Crippen LogP contribution >= 0.6 is 0 Å². The van der Waals surface area contributed by atoms with E-state index in [0.717, 1.165) is 6.04 Å². The summed E-state index contributed by atoms with van der Waals surface area (Å²) >= 11 is 0. The van der Waals surface area contributed by atoms with E-state index in [1.165, 1.54) is 43.5 Å². The predicted molar refractivity (Wildman–Crippen MR) is 74.3 cm³/mol. The fourth-order valence-electron chi connectivity index (χ4n) is 2.21. The number of benzene rings is 1. The summed E-state index contributed by atoms with van der Waals surface area (Å²) in [5, 5.41) is 0. The Morgan fingerprint density at radius 2 is 1.94 bits per heavy atom. The number of nitrogens with two attached hydrogens (primary N) is 1. The first-order valence-corrected chi connectivity index (χ1v) is 6.84. The lowest BCUT2D eigenvalue weighted by Gasteiger charge is -2.25. The van der Waals surface area contributed by atoms with Crippen LogP contribution in [0.4, 0.5) is 5.69 Å². The summed E-state index contributed by atoms with van der Waals surface area (Å²) in [4.78, 5) is 2.56. The summed E-state index contributed by atoms with van der Waals surface area (Å²) in [6.07, 6.45) is 5.27. The van der Waals surface area contributed by atoms with Gasteiger partial charge in [0.1, 0.15) is 0 Å². The van der Waals surface area contributed by atoms with Gasteiger partial charge in [-0.15, -0.1) is 0 Å². The van der Waals surface area contributed by atoms with Crippen molar-refractivity contribution in [2.75, 3.05) is 11.4 Å². The van der Waals surface area contributed by atoms with Crippen molar-refractivity contribution >= 4 is 5.69 Å². The van der Waals surface area contributed by atoms with Gasteiger partial charge >= 0.3 is 0 Å². The largest absolute Gasteiger partial charge is 0.369 e. The fraction of sp³-hybridized carbons (Fsp3) is 0.600. The van der Waals surface area contributed by atoms with Crippen LogP contribution in [0.2, 0.25) is 0 Å². The van der Waals surface area contributed by atoms with Crippen LogP contribution in [0.3, 0.4) is 0 Å². The molecular formula is C15H24N2. The van der Waals surface area contributed by atoms with Gasteiger partial charge in [0.05, 0.1) is 0 Å². The molecule has 0 amide bonds. The molecule has 2 N–H and O–H groups in total. The maximum Gasteiger partial charge on any atom is 0.0368 e. The molecule has 0 radical (unpaired) electrons. The van der Waals surface area contributed by atoms with Gasteiger partial charge in [-0.05, 0) is 43.9 Å². The maximum atomic E-state index is 5.88. The summed E-state index contributed by atoms with van der Waals surface area (Å²) in [5.74, 6) is 0. The van der Waals surface area contributed by atoms with E-state index in [0.29, 0.717) is 0 Å². The second-order valence-electron chi connectivity index (χ2n) is 5.16. The highest BCUT2D eigenvalue weighted by Crippen LogP contribution is 2.32. The molecular weight excluding hydrogens is 208 g/mol. The zero-order chi connectivity index (χ0) is 12.3. The monoisotopic (exact) mass is 232 g/mol. The third-order valence-corrected chi connectivity index (χ3v) is 3.49. The maximum absolute atomic E-state index is 5.88. The van der Waals surface area contributed by atoms with Gasteiger partial charge in [-0.25, -0.2) is 0 Å². The first kappa shape index (κ1) is 12.4. The third kappa shape index (κ3) is 3.22. The van der Waals surface area contributed by atoms with Gasteiger partial charge in [-0.1, -0.05) is 25.5 Å². The van der Waals surface area contributed by atoms with Gasteiger partial charge in [0, 0.05) is 24.3 Å². The molecule has 1 saturated carbocycles. The minimum absolute atomic E-state index is 0.133. The zero-order valence-electron chi connectivity index (χ0n) is 11.0. The van der Waals surface area contributed by atoms with Gasteiger partial charge in [0.25, 0.3) is 0 Å². The predicted octanol–water partition coefficient (Wildman–Crippen LogP) is 3.48. The molecule has 2 rings (SSSR count). The highest BCUT2D eigenvalue weighted by atomic mass is 15.2. The summed E-state index contributed by atoms with van der Waals surface area (Å²) in [5.41, 5.74) is 8.47. The number of anilines is 1. The van der Waals surface area contributed by atoms with Crippen LogP contribution < -0.4 is 10.6 Å². The Morgan fingerprint density at radius 3 is 2.41 bits per heavy atom. The van der Waals surface area contributed by atoms with Gasteiger partial charge in [-0.3, -0.25) is 0 Å². The number of nitrogens with zero attached hydrogens (tertiary/aromatic N) is 1. The van der Waals surface area contributed by atoms with Crippen molar-refractivity contribution in [1.29, 1.82) is 0 Å². The molecule has 0 spiro atoms. The zero-order valence-corrected chi connectivity index (χ0v) is 11.0. The van der Waals surface area contributed by atoms with Crippen molar-refractivity contribution in [1.82, 2.24) is 0 Å². The Balaban J connectivity index is 2.07. The minimum atomic E-state index is 0.133. The number of hydrogen-bond acceptors (Lipinski definition) is 2. The van der Waals surface area contributed by atoms with Gasteiger partial charge in [0.15, 0.2) is 0 Å². The van der Waals surface area contributed by atoms with E-state index in [-0.39, 0.29) is 6.04 Å². The van der Waals surface area contributed by atoms with Gasteiger partial charge in [0.2, 0.25) is 0 Å². The van der Waals surface area contributed by atoms with Crippen LogP contribution in [-0.2, 0) is 0 Å². The topological polar surface area (TPSA) is 29.3 Å². The summed E-state index contributed by atoms with van der Waals surface area (Å²) in [6.45, 7) is 5.48. The lowest BCUT2D eigenvalue weighted by Crippen LogP contribution is -2.26. The molecule has 1 aliphatic carbocycles. The normalized spacial score (nSPS) is 16.9. The molecule has 17 heavy (non-hydrogen) atoms. The van der Waals surface area contributed by atoms with Crippen LogP contribution in [0.15, 0.2) is 24.3 Å². The summed E-state index contributed by atoms with van der Waals surface area (Å²) < 4.78 is 0. The molecule has 1 aliphatic rings. The standard InChI is InChI=1S/C15H24N2/c1-3-4-11-17(15-9-10-15)14-7-5-13(6-8-14)12(2)16/h5-8,12,15H,3-4,9-11,16H2,1-2H3/t12-/m0/s1. The van der Waals surface area contributed by atoms with Crippen LogP contribution in [0.1, 0.15) is 51.1 Å². The first-order valence-electron chi connectivity index (χ1n) is 6.84. The molecule has 0 aliphatic heterocycles. The smallest absolute Gasteiger partial charge is 0.0368 e. The van der Waals surface area contributed by atoms with E-state index < -0.39 is 0 Å². The Labute approximate surface area is 105 Å². The Morgan fingerprint density at radius 1 is 1.29 bits per heavy atom. The van der Waals surface area contributed by atoms with Crippen LogP contribution in [0.5, 0.6) is 0 Å². The molecule has 1 fully saturated rings. The number of unbranched alkanes of at least 4 members (excludes halogenated alkanes) is 1. The number of hydrogen-bond donors (Lipinski definition) is 1. The fourth-order valence-corrected chi connectivity index (χ4v) is 2.21. The van der Waals surface area contributed by atoms with Crippen molar-refractivity contribution in [3.63, 3.8) is 0 Å². The van der Waals surface area contributed by atoms with E-state index in [9.17, 15) is 0 Å². The second-order valence-corrected chi connectivity index (χ2v) is 5.16. The van der Waals surface area contributed by atoms with E-state index in [4.69, 9.17) is 5.73 Å². The minimum Gasteiger partial charge on any atom is -0.369 e.